The minimum Gasteiger partial charge on any atom is -0.385 e. The zero-order valence-electron chi connectivity index (χ0n) is 20.1. The fraction of sp³-hybridized carbons (Fsp3) is 0.560. The van der Waals surface area contributed by atoms with E-state index in [-0.39, 0.29) is 0 Å². The summed E-state index contributed by atoms with van der Waals surface area (Å²) in [5.74, 6) is 1.30. The van der Waals surface area contributed by atoms with Crippen LogP contribution in [0.3, 0.4) is 0 Å². The third-order valence-electron chi connectivity index (χ3n) is 6.08. The molecule has 1 unspecified atom stereocenters. The number of hydrogen-bond acceptors (Lipinski definition) is 6. The van der Waals surface area contributed by atoms with Crippen LogP contribution in [-0.4, -0.2) is 46.9 Å². The first kappa shape index (κ1) is 24.0. The van der Waals surface area contributed by atoms with Gasteiger partial charge in [0.25, 0.3) is 0 Å². The van der Waals surface area contributed by atoms with Gasteiger partial charge >= 0.3 is 0 Å². The van der Waals surface area contributed by atoms with Gasteiger partial charge in [0.2, 0.25) is 5.95 Å². The largest absolute Gasteiger partial charge is 0.385 e. The third-order valence-corrected chi connectivity index (χ3v) is 6.08. The van der Waals surface area contributed by atoms with Crippen molar-refractivity contribution in [2.45, 2.75) is 65.5 Å². The SMILES string of the molecule is C=C(CNC)NC1CC[C@H](Cc2nc(NCCc3ccn(CC)c3)nc(C)c2N=CC)C1. The van der Waals surface area contributed by atoms with Crippen LogP contribution in [0.5, 0.6) is 0 Å². The molecule has 2 aromatic rings. The predicted molar refractivity (Wildman–Crippen MR) is 134 cm³/mol. The van der Waals surface area contributed by atoms with Gasteiger partial charge in [0.1, 0.15) is 5.69 Å². The molecular weight excluding hydrogens is 398 g/mol. The van der Waals surface area contributed by atoms with Crippen molar-refractivity contribution in [1.82, 2.24) is 25.2 Å². The topological polar surface area (TPSA) is 79.2 Å². The zero-order valence-corrected chi connectivity index (χ0v) is 20.1. The van der Waals surface area contributed by atoms with Crippen molar-refractivity contribution in [2.75, 3.05) is 25.5 Å². The number of nitrogens with one attached hydrogen (secondary N) is 3. The monoisotopic (exact) mass is 437 g/mol. The fourth-order valence-electron chi connectivity index (χ4n) is 4.52. The van der Waals surface area contributed by atoms with Crippen LogP contribution in [-0.2, 0) is 19.4 Å². The highest BCUT2D eigenvalue weighted by Crippen LogP contribution is 2.32. The molecule has 2 heterocycles. The van der Waals surface area contributed by atoms with Crippen LogP contribution < -0.4 is 16.0 Å². The van der Waals surface area contributed by atoms with E-state index in [1.807, 2.05) is 27.1 Å². The maximum absolute atomic E-state index is 4.89. The van der Waals surface area contributed by atoms with Gasteiger partial charge in [-0.2, -0.15) is 0 Å². The summed E-state index contributed by atoms with van der Waals surface area (Å²) < 4.78 is 2.20. The van der Waals surface area contributed by atoms with Gasteiger partial charge in [-0.15, -0.1) is 0 Å². The van der Waals surface area contributed by atoms with Crippen LogP contribution in [0.25, 0.3) is 0 Å². The molecule has 2 aromatic heterocycles. The van der Waals surface area contributed by atoms with Crippen molar-refractivity contribution < 1.29 is 0 Å². The molecule has 7 heteroatoms. The molecule has 1 aliphatic rings. The van der Waals surface area contributed by atoms with Gasteiger partial charge < -0.3 is 20.5 Å². The Labute approximate surface area is 192 Å². The maximum atomic E-state index is 4.89. The van der Waals surface area contributed by atoms with E-state index in [1.54, 1.807) is 0 Å². The summed E-state index contributed by atoms with van der Waals surface area (Å²) >= 11 is 0. The van der Waals surface area contributed by atoms with E-state index >= 15 is 0 Å². The molecule has 7 nitrogen and oxygen atoms in total. The lowest BCUT2D eigenvalue weighted by Gasteiger charge is -2.17. The van der Waals surface area contributed by atoms with Crippen LogP contribution in [0.2, 0.25) is 0 Å². The normalized spacial score (nSPS) is 18.4. The van der Waals surface area contributed by atoms with Gasteiger partial charge in [-0.1, -0.05) is 6.58 Å². The Bertz CT molecular complexity index is 915. The Kier molecular flexibility index (Phi) is 8.85. The molecule has 0 spiro atoms. The predicted octanol–water partition coefficient (Wildman–Crippen LogP) is 4.02. The number of hydrogen-bond donors (Lipinski definition) is 3. The molecule has 3 N–H and O–H groups in total. The minimum absolute atomic E-state index is 0.495. The number of likely N-dealkylation sites (N-methyl/N-ethyl adjacent to an activating group) is 1. The summed E-state index contributed by atoms with van der Waals surface area (Å²) in [4.78, 5) is 14.2. The summed E-state index contributed by atoms with van der Waals surface area (Å²) in [6, 6.07) is 2.67. The average Bonchev–Trinajstić information content (AvgIpc) is 3.40. The van der Waals surface area contributed by atoms with Gasteiger partial charge in [0.15, 0.2) is 0 Å². The Morgan fingerprint density at radius 3 is 2.91 bits per heavy atom. The molecule has 3 rings (SSSR count). The molecule has 2 atom stereocenters. The van der Waals surface area contributed by atoms with Gasteiger partial charge in [-0.25, -0.2) is 9.97 Å². The van der Waals surface area contributed by atoms with Crippen LogP contribution in [0, 0.1) is 12.8 Å². The number of nitrogens with zero attached hydrogens (tertiary/aromatic N) is 4. The molecule has 174 valence electrons. The molecule has 0 aliphatic heterocycles. The molecule has 0 radical (unpaired) electrons. The van der Waals surface area contributed by atoms with Crippen molar-refractivity contribution in [2.24, 2.45) is 10.9 Å². The van der Waals surface area contributed by atoms with E-state index in [0.29, 0.717) is 17.9 Å². The number of aliphatic imine (C=N–C) groups is 1. The third kappa shape index (κ3) is 6.66. The van der Waals surface area contributed by atoms with E-state index in [4.69, 9.17) is 4.98 Å². The first-order valence-electron chi connectivity index (χ1n) is 11.9. The zero-order chi connectivity index (χ0) is 22.9. The molecular formula is C25H39N7. The molecule has 0 amide bonds. The maximum Gasteiger partial charge on any atom is 0.223 e. The number of anilines is 1. The van der Waals surface area contributed by atoms with Gasteiger partial charge in [0, 0.05) is 50.0 Å². The van der Waals surface area contributed by atoms with E-state index in [0.717, 1.165) is 61.7 Å². The molecule has 1 saturated carbocycles. The Morgan fingerprint density at radius 2 is 2.19 bits per heavy atom. The fourth-order valence-corrected chi connectivity index (χ4v) is 4.52. The smallest absolute Gasteiger partial charge is 0.223 e. The van der Waals surface area contributed by atoms with Gasteiger partial charge in [-0.05, 0) is 77.5 Å². The lowest BCUT2D eigenvalue weighted by Crippen LogP contribution is -2.30. The van der Waals surface area contributed by atoms with Crippen LogP contribution in [0.4, 0.5) is 11.6 Å². The summed E-state index contributed by atoms with van der Waals surface area (Å²) in [7, 11) is 1.95. The molecule has 0 bridgehead atoms. The molecule has 0 saturated heterocycles. The molecule has 0 aromatic carbocycles. The summed E-state index contributed by atoms with van der Waals surface area (Å²) in [6.45, 7) is 12.9. The van der Waals surface area contributed by atoms with Gasteiger partial charge in [-0.3, -0.25) is 4.99 Å². The number of aromatic nitrogens is 3. The first-order chi connectivity index (χ1) is 15.5. The summed E-state index contributed by atoms with van der Waals surface area (Å²) in [5.41, 5.74) is 5.30. The van der Waals surface area contributed by atoms with Crippen molar-refractivity contribution in [1.29, 1.82) is 0 Å². The Morgan fingerprint density at radius 1 is 1.34 bits per heavy atom. The van der Waals surface area contributed by atoms with E-state index < -0.39 is 0 Å². The molecule has 1 aliphatic carbocycles. The lowest BCUT2D eigenvalue weighted by atomic mass is 10.00. The summed E-state index contributed by atoms with van der Waals surface area (Å²) in [5, 5.41) is 10.2. The highest BCUT2D eigenvalue weighted by molar-refractivity contribution is 5.63. The van der Waals surface area contributed by atoms with Gasteiger partial charge in [0.05, 0.1) is 11.4 Å². The molecule has 1 fully saturated rings. The van der Waals surface area contributed by atoms with Crippen molar-refractivity contribution in [3.05, 3.63) is 47.7 Å². The van der Waals surface area contributed by atoms with E-state index in [2.05, 4.69) is 62.5 Å². The number of rotatable bonds is 12. The Balaban J connectivity index is 1.63. The second kappa shape index (κ2) is 11.8. The highest BCUT2D eigenvalue weighted by Gasteiger charge is 2.26. The van der Waals surface area contributed by atoms with Crippen LogP contribution >= 0.6 is 0 Å². The minimum atomic E-state index is 0.495. The van der Waals surface area contributed by atoms with E-state index in [9.17, 15) is 0 Å². The van der Waals surface area contributed by atoms with Crippen molar-refractivity contribution in [3.8, 4) is 0 Å². The highest BCUT2D eigenvalue weighted by atomic mass is 15.1. The quantitative estimate of drug-likeness (QED) is 0.437. The first-order valence-corrected chi connectivity index (χ1v) is 11.9. The van der Waals surface area contributed by atoms with Crippen molar-refractivity contribution >= 4 is 17.9 Å². The second-order valence-electron chi connectivity index (χ2n) is 8.70. The van der Waals surface area contributed by atoms with Crippen molar-refractivity contribution in [3.63, 3.8) is 0 Å². The second-order valence-corrected chi connectivity index (χ2v) is 8.70. The lowest BCUT2D eigenvalue weighted by molar-refractivity contribution is 0.503. The summed E-state index contributed by atoms with van der Waals surface area (Å²) in [6.07, 6.45) is 11.6. The standard InChI is InChI=1S/C25H39N7/c1-6-27-24-19(4)30-25(28-12-10-20-11-13-32(7-2)17-20)31-23(24)15-21-8-9-22(14-21)29-18(3)16-26-5/h6,11,13,17,21-22,26,29H,3,7-10,12,14-16H2,1-2,4-5H3,(H,28,30,31)/t21-,22?/m0/s1. The van der Waals surface area contributed by atoms with Crippen LogP contribution in [0.15, 0.2) is 35.7 Å². The van der Waals surface area contributed by atoms with Crippen LogP contribution in [0.1, 0.15) is 50.1 Å². The Hall–Kier alpha value is -2.67. The van der Waals surface area contributed by atoms with E-state index in [1.165, 1.54) is 18.4 Å². The molecule has 32 heavy (non-hydrogen) atoms. The average molecular weight is 438 g/mol. The number of aryl methyl sites for hydroxylation is 2.